The minimum atomic E-state index is -0.298. The van der Waals surface area contributed by atoms with E-state index in [1.165, 1.54) is 16.9 Å². The molecule has 30 heavy (non-hydrogen) atoms. The first-order valence-electron chi connectivity index (χ1n) is 9.36. The van der Waals surface area contributed by atoms with Crippen molar-refractivity contribution in [2.24, 2.45) is 4.99 Å². The molecule has 0 radical (unpaired) electrons. The van der Waals surface area contributed by atoms with E-state index in [2.05, 4.69) is 23.7 Å². The second kappa shape index (κ2) is 9.00. The summed E-state index contributed by atoms with van der Waals surface area (Å²) >= 11 is 13.9. The van der Waals surface area contributed by atoms with Crippen LogP contribution in [0.3, 0.4) is 0 Å². The van der Waals surface area contributed by atoms with Crippen LogP contribution in [0.25, 0.3) is 10.2 Å². The van der Waals surface area contributed by atoms with E-state index in [0.29, 0.717) is 27.0 Å². The minimum Gasteiger partial charge on any atom is -0.311 e. The molecule has 0 spiro atoms. The number of carbonyl (C=O) groups is 1. The molecule has 0 saturated carbocycles. The highest BCUT2D eigenvalue weighted by molar-refractivity contribution is 7.16. The molecule has 4 rings (SSSR count). The number of rotatable bonds is 5. The van der Waals surface area contributed by atoms with E-state index >= 15 is 0 Å². The summed E-state index contributed by atoms with van der Waals surface area (Å²) in [6, 6.07) is 21.3. The van der Waals surface area contributed by atoms with Gasteiger partial charge in [-0.05, 0) is 41.8 Å². The van der Waals surface area contributed by atoms with Gasteiger partial charge in [-0.3, -0.25) is 4.79 Å². The molecule has 0 bridgehead atoms. The first kappa shape index (κ1) is 20.6. The molecule has 3 aromatic carbocycles. The highest BCUT2D eigenvalue weighted by atomic mass is 35.5. The summed E-state index contributed by atoms with van der Waals surface area (Å²) in [6.45, 7) is 4.29. The fourth-order valence-corrected chi connectivity index (χ4v) is 5.08. The van der Waals surface area contributed by atoms with Crippen molar-refractivity contribution in [3.8, 4) is 0 Å². The van der Waals surface area contributed by atoms with Crippen LogP contribution in [0.1, 0.15) is 21.5 Å². The van der Waals surface area contributed by atoms with Crippen LogP contribution in [-0.4, -0.2) is 10.5 Å². The zero-order valence-electron chi connectivity index (χ0n) is 16.0. The Labute approximate surface area is 188 Å². The van der Waals surface area contributed by atoms with Gasteiger partial charge in [0.2, 0.25) is 0 Å². The van der Waals surface area contributed by atoms with Crippen molar-refractivity contribution in [3.63, 3.8) is 0 Å². The number of aromatic nitrogens is 1. The summed E-state index contributed by atoms with van der Waals surface area (Å²) in [5, 5.41) is 1.07. The third-order valence-electron chi connectivity index (χ3n) is 4.66. The highest BCUT2D eigenvalue weighted by Gasteiger charge is 2.12. The lowest BCUT2D eigenvalue weighted by Gasteiger charge is -2.04. The third kappa shape index (κ3) is 4.41. The summed E-state index contributed by atoms with van der Waals surface area (Å²) in [5.74, 6) is -0.298. The maximum atomic E-state index is 12.8. The molecule has 6 heteroatoms. The lowest BCUT2D eigenvalue weighted by molar-refractivity contribution is 0.0998. The molecule has 150 valence electrons. The Morgan fingerprint density at radius 2 is 1.73 bits per heavy atom. The van der Waals surface area contributed by atoms with Gasteiger partial charge in [-0.25, -0.2) is 0 Å². The Hall–Kier alpha value is -2.66. The van der Waals surface area contributed by atoms with E-state index < -0.39 is 0 Å². The van der Waals surface area contributed by atoms with Crippen LogP contribution in [-0.2, 0) is 13.0 Å². The monoisotopic (exact) mass is 452 g/mol. The van der Waals surface area contributed by atoms with Crippen LogP contribution >= 0.6 is 34.5 Å². The number of allylic oxidation sites excluding steroid dienone is 1. The smallest absolute Gasteiger partial charge is 0.279 e. The number of halogens is 2. The van der Waals surface area contributed by atoms with Crippen LogP contribution < -0.4 is 4.80 Å². The third-order valence-corrected chi connectivity index (χ3v) is 6.19. The van der Waals surface area contributed by atoms with Gasteiger partial charge < -0.3 is 4.57 Å². The molecule has 1 aromatic heterocycles. The molecule has 0 aliphatic rings. The molecular weight excluding hydrogens is 435 g/mol. The van der Waals surface area contributed by atoms with Crippen molar-refractivity contribution >= 4 is 50.7 Å². The first-order chi connectivity index (χ1) is 14.5. The van der Waals surface area contributed by atoms with Crippen LogP contribution in [0.4, 0.5) is 0 Å². The largest absolute Gasteiger partial charge is 0.311 e. The fourth-order valence-electron chi connectivity index (χ4n) is 3.26. The van der Waals surface area contributed by atoms with E-state index in [1.807, 2.05) is 53.1 Å². The molecule has 3 nitrogen and oxygen atoms in total. The highest BCUT2D eigenvalue weighted by Crippen LogP contribution is 2.29. The Morgan fingerprint density at radius 3 is 2.43 bits per heavy atom. The minimum absolute atomic E-state index is 0.298. The summed E-state index contributed by atoms with van der Waals surface area (Å²) in [5.41, 5.74) is 3.71. The topological polar surface area (TPSA) is 34.4 Å². The number of carbonyl (C=O) groups excluding carboxylic acids is 1. The van der Waals surface area contributed by atoms with Crippen molar-refractivity contribution in [1.82, 2.24) is 4.57 Å². The van der Waals surface area contributed by atoms with Gasteiger partial charge in [0, 0.05) is 17.1 Å². The second-order valence-electron chi connectivity index (χ2n) is 6.79. The van der Waals surface area contributed by atoms with Gasteiger partial charge in [0.15, 0.2) is 4.80 Å². The summed E-state index contributed by atoms with van der Waals surface area (Å²) < 4.78 is 2.76. The Balaban J connectivity index is 1.67. The van der Waals surface area contributed by atoms with Gasteiger partial charge >= 0.3 is 0 Å². The molecule has 4 aromatic rings. The van der Waals surface area contributed by atoms with Crippen LogP contribution in [0.5, 0.6) is 0 Å². The fraction of sp³-hybridized carbons (Fsp3) is 0.0833. The van der Waals surface area contributed by atoms with E-state index in [0.717, 1.165) is 22.2 Å². The lowest BCUT2D eigenvalue weighted by atomic mass is 10.0. The van der Waals surface area contributed by atoms with Gasteiger partial charge in [-0.1, -0.05) is 83.1 Å². The van der Waals surface area contributed by atoms with Crippen molar-refractivity contribution in [1.29, 1.82) is 0 Å². The Morgan fingerprint density at radius 1 is 1.03 bits per heavy atom. The first-order valence-corrected chi connectivity index (χ1v) is 10.9. The van der Waals surface area contributed by atoms with Crippen molar-refractivity contribution < 1.29 is 4.79 Å². The molecule has 0 aliphatic carbocycles. The number of nitrogens with zero attached hydrogens (tertiary/aromatic N) is 2. The second-order valence-corrected chi connectivity index (χ2v) is 8.65. The zero-order valence-corrected chi connectivity index (χ0v) is 18.3. The van der Waals surface area contributed by atoms with Crippen molar-refractivity contribution in [3.05, 3.63) is 111 Å². The normalized spacial score (nSPS) is 11.7. The molecule has 0 N–H and O–H groups in total. The van der Waals surface area contributed by atoms with Gasteiger partial charge in [-0.15, -0.1) is 6.58 Å². The SMILES string of the molecule is C=CCn1c(=NC(=O)c2ccc(Cc3ccccc3)cc2)sc2cc(Cl)cc(Cl)c21. The Kier molecular flexibility index (Phi) is 6.18. The van der Waals surface area contributed by atoms with Gasteiger partial charge in [0.1, 0.15) is 0 Å². The van der Waals surface area contributed by atoms with Gasteiger partial charge in [0.05, 0.1) is 15.2 Å². The van der Waals surface area contributed by atoms with E-state index in [9.17, 15) is 4.79 Å². The maximum Gasteiger partial charge on any atom is 0.279 e. The van der Waals surface area contributed by atoms with Crippen molar-refractivity contribution in [2.75, 3.05) is 0 Å². The molecule has 0 aliphatic heterocycles. The number of hydrogen-bond donors (Lipinski definition) is 0. The average Bonchev–Trinajstić information content (AvgIpc) is 3.06. The quantitative estimate of drug-likeness (QED) is 0.317. The predicted octanol–water partition coefficient (Wildman–Crippen LogP) is 6.53. The molecule has 1 amide bonds. The van der Waals surface area contributed by atoms with Crippen LogP contribution in [0.15, 0.2) is 84.4 Å². The predicted molar refractivity (Wildman–Crippen MR) is 126 cm³/mol. The van der Waals surface area contributed by atoms with E-state index in [1.54, 1.807) is 12.1 Å². The van der Waals surface area contributed by atoms with Crippen LogP contribution in [0, 0.1) is 0 Å². The van der Waals surface area contributed by atoms with Crippen LogP contribution in [0.2, 0.25) is 10.0 Å². The number of benzene rings is 3. The molecule has 0 fully saturated rings. The van der Waals surface area contributed by atoms with E-state index in [4.69, 9.17) is 23.2 Å². The molecular formula is C24H18Cl2N2OS. The molecule has 0 unspecified atom stereocenters. The zero-order chi connectivity index (χ0) is 21.1. The summed E-state index contributed by atoms with van der Waals surface area (Å²) in [7, 11) is 0. The summed E-state index contributed by atoms with van der Waals surface area (Å²) in [4.78, 5) is 17.7. The number of fused-ring (bicyclic) bond motifs is 1. The molecule has 1 heterocycles. The van der Waals surface area contributed by atoms with Crippen molar-refractivity contribution in [2.45, 2.75) is 13.0 Å². The van der Waals surface area contributed by atoms with E-state index in [-0.39, 0.29) is 5.91 Å². The number of amides is 1. The average molecular weight is 453 g/mol. The molecule has 0 saturated heterocycles. The Bertz CT molecular complexity index is 1290. The van der Waals surface area contributed by atoms with Gasteiger partial charge in [0.25, 0.3) is 5.91 Å². The lowest BCUT2D eigenvalue weighted by Crippen LogP contribution is -2.16. The number of hydrogen-bond acceptors (Lipinski definition) is 2. The summed E-state index contributed by atoms with van der Waals surface area (Å²) in [6.07, 6.45) is 2.57. The van der Waals surface area contributed by atoms with Gasteiger partial charge in [-0.2, -0.15) is 4.99 Å². The molecule has 0 atom stereocenters. The standard InChI is InChI=1S/C24H18Cl2N2OS/c1-2-12-28-22-20(26)14-19(25)15-21(22)30-24(28)27-23(29)18-10-8-17(9-11-18)13-16-6-4-3-5-7-16/h2-11,14-15H,1,12-13H2. The number of thiazole rings is 1. The maximum absolute atomic E-state index is 12.8.